The number of fused-ring (bicyclic) bond motifs is 3. The maximum absolute atomic E-state index is 13.6. The zero-order valence-corrected chi connectivity index (χ0v) is 20.8. The minimum atomic E-state index is -0.287. The van der Waals surface area contributed by atoms with Crippen LogP contribution in [-0.4, -0.2) is 26.3 Å². The molecule has 1 unspecified atom stereocenters. The fourth-order valence-corrected chi connectivity index (χ4v) is 4.73. The summed E-state index contributed by atoms with van der Waals surface area (Å²) in [6.07, 6.45) is 3.37. The molecule has 5 rings (SSSR count). The first-order valence-corrected chi connectivity index (χ1v) is 12.4. The van der Waals surface area contributed by atoms with Gasteiger partial charge >= 0.3 is 0 Å². The number of carbonyl (C=O) groups is 1. The molecule has 0 radical (unpaired) electrons. The average molecular weight is 499 g/mol. The van der Waals surface area contributed by atoms with Gasteiger partial charge in [0.1, 0.15) is 12.1 Å². The molecule has 6 nitrogen and oxygen atoms in total. The quantitative estimate of drug-likeness (QED) is 0.320. The lowest BCUT2D eigenvalue weighted by molar-refractivity contribution is -0.122. The largest absolute Gasteiger partial charge is 0.352 e. The number of aromatic nitrogens is 3. The Hall–Kier alpha value is -3.90. The highest BCUT2D eigenvalue weighted by Crippen LogP contribution is 2.27. The summed E-state index contributed by atoms with van der Waals surface area (Å²) in [6.45, 7) is 2.35. The number of aryl methyl sites for hydroxylation is 1. The lowest BCUT2D eigenvalue weighted by Gasteiger charge is -2.14. The second-order valence-corrected chi connectivity index (χ2v) is 9.53. The molecule has 7 heteroatoms. The minimum absolute atomic E-state index is 0.0199. The molecule has 2 heterocycles. The van der Waals surface area contributed by atoms with E-state index >= 15 is 0 Å². The van der Waals surface area contributed by atoms with Crippen molar-refractivity contribution in [1.29, 1.82) is 0 Å². The fraction of sp³-hybridized carbons (Fsp3) is 0.207. The van der Waals surface area contributed by atoms with Gasteiger partial charge in [-0.05, 0) is 49.1 Å². The van der Waals surface area contributed by atoms with Crippen molar-refractivity contribution >= 4 is 39.3 Å². The van der Waals surface area contributed by atoms with Crippen LogP contribution in [0.2, 0.25) is 5.02 Å². The number of hydrogen-bond acceptors (Lipinski definition) is 3. The molecule has 1 N–H and O–H groups in total. The van der Waals surface area contributed by atoms with Crippen LogP contribution in [0.25, 0.3) is 21.8 Å². The standard InChI is InChI=1S/C29H27ClN4O2/c1-20(11-12-21-7-3-2-4-8-21)32-27(35)19-34-29(36)28-25(17-31-34)24-9-5-6-10-26(24)33(28)18-22-13-15-23(30)16-14-22/h2-10,13-17,20H,11-12,18-19H2,1H3,(H,32,35). The number of hydrogen-bond donors (Lipinski definition) is 1. The molecule has 2 aromatic heterocycles. The molecule has 0 saturated carbocycles. The van der Waals surface area contributed by atoms with Gasteiger partial charge in [0, 0.05) is 33.9 Å². The number of nitrogens with one attached hydrogen (secondary N) is 1. The molecule has 0 saturated heterocycles. The van der Waals surface area contributed by atoms with Gasteiger partial charge in [-0.2, -0.15) is 5.10 Å². The number of rotatable bonds is 8. The Labute approximate surface area is 214 Å². The number of carbonyl (C=O) groups excluding carboxylic acids is 1. The van der Waals surface area contributed by atoms with Crippen molar-refractivity contribution < 1.29 is 4.79 Å². The van der Waals surface area contributed by atoms with E-state index in [9.17, 15) is 9.59 Å². The maximum atomic E-state index is 13.6. The Kier molecular flexibility index (Phi) is 6.87. The van der Waals surface area contributed by atoms with Crippen molar-refractivity contribution in [1.82, 2.24) is 19.7 Å². The van der Waals surface area contributed by atoms with Crippen LogP contribution in [-0.2, 0) is 24.3 Å². The molecule has 0 aliphatic carbocycles. The van der Waals surface area contributed by atoms with E-state index < -0.39 is 0 Å². The first kappa shape index (κ1) is 23.8. The Morgan fingerprint density at radius 3 is 2.44 bits per heavy atom. The molecule has 5 aromatic rings. The van der Waals surface area contributed by atoms with Crippen molar-refractivity contribution in [3.63, 3.8) is 0 Å². The summed E-state index contributed by atoms with van der Waals surface area (Å²) in [6, 6.07) is 25.6. The highest BCUT2D eigenvalue weighted by molar-refractivity contribution is 6.30. The van der Waals surface area contributed by atoms with Crippen LogP contribution >= 0.6 is 11.6 Å². The molecule has 0 bridgehead atoms. The summed E-state index contributed by atoms with van der Waals surface area (Å²) in [5.41, 5.74) is 3.44. The van der Waals surface area contributed by atoms with E-state index in [4.69, 9.17) is 11.6 Å². The molecule has 36 heavy (non-hydrogen) atoms. The van der Waals surface area contributed by atoms with Gasteiger partial charge < -0.3 is 9.88 Å². The molecule has 1 atom stereocenters. The second kappa shape index (κ2) is 10.4. The van der Waals surface area contributed by atoms with Gasteiger partial charge in [0.15, 0.2) is 0 Å². The van der Waals surface area contributed by atoms with Crippen molar-refractivity contribution in [2.24, 2.45) is 0 Å². The smallest absolute Gasteiger partial charge is 0.291 e. The normalized spacial score (nSPS) is 12.2. The zero-order chi connectivity index (χ0) is 25.1. The van der Waals surface area contributed by atoms with E-state index in [1.165, 1.54) is 10.2 Å². The molecule has 0 spiro atoms. The van der Waals surface area contributed by atoms with E-state index in [0.29, 0.717) is 17.1 Å². The summed E-state index contributed by atoms with van der Waals surface area (Å²) in [5, 5.41) is 9.74. The topological polar surface area (TPSA) is 68.9 Å². The first-order chi connectivity index (χ1) is 17.5. The van der Waals surface area contributed by atoms with Crippen LogP contribution in [0.15, 0.2) is 89.9 Å². The van der Waals surface area contributed by atoms with E-state index in [1.54, 1.807) is 6.20 Å². The second-order valence-electron chi connectivity index (χ2n) is 9.09. The predicted molar refractivity (Wildman–Crippen MR) is 144 cm³/mol. The van der Waals surface area contributed by atoms with Gasteiger partial charge in [-0.15, -0.1) is 0 Å². The predicted octanol–water partition coefficient (Wildman–Crippen LogP) is 5.19. The van der Waals surface area contributed by atoms with Gasteiger partial charge in [0.25, 0.3) is 5.56 Å². The fourth-order valence-electron chi connectivity index (χ4n) is 4.60. The molecule has 0 fully saturated rings. The van der Waals surface area contributed by atoms with Gasteiger partial charge in [0.05, 0.1) is 6.20 Å². The molecule has 3 aromatic carbocycles. The lowest BCUT2D eigenvalue weighted by atomic mass is 10.1. The Morgan fingerprint density at radius 2 is 1.67 bits per heavy atom. The third kappa shape index (κ3) is 5.04. The zero-order valence-electron chi connectivity index (χ0n) is 20.0. The van der Waals surface area contributed by atoms with Gasteiger partial charge in [-0.25, -0.2) is 4.68 Å². The molecular formula is C29H27ClN4O2. The minimum Gasteiger partial charge on any atom is -0.352 e. The van der Waals surface area contributed by atoms with Crippen LogP contribution in [0.4, 0.5) is 0 Å². The summed E-state index contributed by atoms with van der Waals surface area (Å²) in [5.74, 6) is -0.232. The molecule has 0 aliphatic rings. The maximum Gasteiger partial charge on any atom is 0.291 e. The van der Waals surface area contributed by atoms with E-state index in [1.807, 2.05) is 78.2 Å². The number of halogens is 1. The van der Waals surface area contributed by atoms with Crippen molar-refractivity contribution in [3.8, 4) is 0 Å². The molecular weight excluding hydrogens is 472 g/mol. The number of para-hydroxylation sites is 1. The van der Waals surface area contributed by atoms with Crippen LogP contribution in [0.3, 0.4) is 0 Å². The van der Waals surface area contributed by atoms with Crippen molar-refractivity contribution in [2.75, 3.05) is 0 Å². The Bertz CT molecular complexity index is 1570. The number of amides is 1. The van der Waals surface area contributed by atoms with Gasteiger partial charge in [0.2, 0.25) is 5.91 Å². The van der Waals surface area contributed by atoms with Gasteiger partial charge in [-0.3, -0.25) is 9.59 Å². The van der Waals surface area contributed by atoms with Gasteiger partial charge in [-0.1, -0.05) is 72.3 Å². The monoisotopic (exact) mass is 498 g/mol. The van der Waals surface area contributed by atoms with Crippen molar-refractivity contribution in [3.05, 3.63) is 112 Å². The van der Waals surface area contributed by atoms with Crippen LogP contribution in [0.5, 0.6) is 0 Å². The first-order valence-electron chi connectivity index (χ1n) is 12.0. The summed E-state index contributed by atoms with van der Waals surface area (Å²) < 4.78 is 3.24. The highest BCUT2D eigenvalue weighted by atomic mass is 35.5. The van der Waals surface area contributed by atoms with E-state index in [-0.39, 0.29) is 24.1 Å². The van der Waals surface area contributed by atoms with Crippen molar-refractivity contribution in [2.45, 2.75) is 38.9 Å². The number of nitrogens with zero attached hydrogens (tertiary/aromatic N) is 3. The molecule has 0 aliphatic heterocycles. The SMILES string of the molecule is CC(CCc1ccccc1)NC(=O)Cn1ncc2c3ccccc3n(Cc3ccc(Cl)cc3)c2c1=O. The lowest BCUT2D eigenvalue weighted by Crippen LogP contribution is -2.38. The van der Waals surface area contributed by atoms with E-state index in [0.717, 1.165) is 34.7 Å². The number of benzene rings is 3. The summed E-state index contributed by atoms with van der Waals surface area (Å²) in [7, 11) is 0. The van der Waals surface area contributed by atoms with E-state index in [2.05, 4.69) is 22.5 Å². The summed E-state index contributed by atoms with van der Waals surface area (Å²) >= 11 is 6.06. The Morgan fingerprint density at radius 1 is 0.944 bits per heavy atom. The van der Waals surface area contributed by atoms with Crippen LogP contribution in [0, 0.1) is 0 Å². The molecule has 1 amide bonds. The van der Waals surface area contributed by atoms with Crippen LogP contribution in [0.1, 0.15) is 24.5 Å². The summed E-state index contributed by atoms with van der Waals surface area (Å²) in [4.78, 5) is 26.3. The third-order valence-corrected chi connectivity index (χ3v) is 6.69. The highest BCUT2D eigenvalue weighted by Gasteiger charge is 2.18. The average Bonchev–Trinajstić information content (AvgIpc) is 3.20. The molecule has 182 valence electrons. The Balaban J connectivity index is 1.40. The van der Waals surface area contributed by atoms with Crippen LogP contribution < -0.4 is 10.9 Å². The third-order valence-electron chi connectivity index (χ3n) is 6.44.